The Hall–Kier alpha value is -1.56. The summed E-state index contributed by atoms with van der Waals surface area (Å²) >= 11 is -3.41. The van der Waals surface area contributed by atoms with Crippen LogP contribution in [0, 0.1) is 6.92 Å². The predicted octanol–water partition coefficient (Wildman–Crippen LogP) is 5.26. The van der Waals surface area contributed by atoms with Crippen LogP contribution in [0.2, 0.25) is 5.52 Å². The van der Waals surface area contributed by atoms with Crippen molar-refractivity contribution in [3.8, 4) is 0 Å². The van der Waals surface area contributed by atoms with Gasteiger partial charge in [0.15, 0.2) is 0 Å². The number of sulfonamides is 1. The molecule has 154 valence electrons. The van der Waals surface area contributed by atoms with Crippen LogP contribution in [0.25, 0.3) is 0 Å². The van der Waals surface area contributed by atoms with E-state index in [2.05, 4.69) is 4.06 Å². The first-order valence-corrected chi connectivity index (χ1v) is 16.2. The Labute approximate surface area is 180 Å². The number of halogens is 1. The van der Waals surface area contributed by atoms with E-state index in [1.165, 1.54) is 0 Å². The Morgan fingerprint density at radius 2 is 1.38 bits per heavy atom. The Morgan fingerprint density at radius 3 is 1.93 bits per heavy atom. The van der Waals surface area contributed by atoms with Crippen molar-refractivity contribution >= 4 is 19.7 Å². The molecule has 0 amide bonds. The van der Waals surface area contributed by atoms with Gasteiger partial charge in [-0.25, -0.2) is 0 Å². The summed E-state index contributed by atoms with van der Waals surface area (Å²) in [4.78, 5) is 0.271. The molecule has 0 saturated carbocycles. The van der Waals surface area contributed by atoms with Crippen LogP contribution < -0.4 is 4.06 Å². The first-order chi connectivity index (χ1) is 13.8. The minimum atomic E-state index is -3.79. The fourth-order valence-electron chi connectivity index (χ4n) is 3.58. The van der Waals surface area contributed by atoms with Crippen molar-refractivity contribution in [1.82, 2.24) is 7.11 Å². The Morgan fingerprint density at radius 1 is 0.862 bits per heavy atom. The molecule has 1 aliphatic heterocycles. The molecule has 3 aromatic carbocycles. The zero-order valence-electron chi connectivity index (χ0n) is 16.1. The van der Waals surface area contributed by atoms with Crippen LogP contribution in [-0.4, -0.2) is 11.5 Å². The second-order valence-corrected chi connectivity index (χ2v) is 17.1. The maximum atomic E-state index is 13.8. The van der Waals surface area contributed by atoms with Gasteiger partial charge in [-0.2, -0.15) is 0 Å². The third kappa shape index (κ3) is 3.93. The first kappa shape index (κ1) is 20.7. The normalized spacial score (nSPS) is 27.4. The molecule has 4 nitrogen and oxygen atoms in total. The van der Waals surface area contributed by atoms with Crippen molar-refractivity contribution in [3.63, 3.8) is 0 Å². The summed E-state index contributed by atoms with van der Waals surface area (Å²) < 4.78 is 32.6. The molecular weight excluding hydrogens is 493 g/mol. The van der Waals surface area contributed by atoms with Crippen molar-refractivity contribution in [1.29, 1.82) is 0 Å². The first-order valence-electron chi connectivity index (χ1n) is 9.14. The van der Waals surface area contributed by atoms with Gasteiger partial charge in [-0.1, -0.05) is 0 Å². The molecule has 1 N–H and O–H groups in total. The predicted molar refractivity (Wildman–Crippen MR) is 113 cm³/mol. The molecule has 1 aliphatic rings. The van der Waals surface area contributed by atoms with Gasteiger partial charge in [0.2, 0.25) is 0 Å². The summed E-state index contributed by atoms with van der Waals surface area (Å²) in [5.41, 5.74) is 4.83. The van der Waals surface area contributed by atoms with E-state index in [1.54, 1.807) is 15.2 Å². The number of rotatable bonds is 4. The van der Waals surface area contributed by atoms with Gasteiger partial charge in [0, 0.05) is 0 Å². The Balaban J connectivity index is 1.89. The molecule has 3 atom stereocenters. The number of aryl methyl sites for hydroxylation is 1. The van der Waals surface area contributed by atoms with Crippen LogP contribution in [0.3, 0.4) is 0 Å². The Kier molecular flexibility index (Phi) is 5.67. The molecule has 29 heavy (non-hydrogen) atoms. The molecule has 1 unspecified atom stereocenters. The summed E-state index contributed by atoms with van der Waals surface area (Å²) in [5.74, 6) is 0. The van der Waals surface area contributed by atoms with Gasteiger partial charge in [0.05, 0.1) is 0 Å². The molecule has 1 fully saturated rings. The van der Waals surface area contributed by atoms with E-state index in [1.807, 2.05) is 85.2 Å². The van der Waals surface area contributed by atoms with Gasteiger partial charge >= 0.3 is 181 Å². The number of benzene rings is 3. The quantitative estimate of drug-likeness (QED) is 0.482. The van der Waals surface area contributed by atoms with Gasteiger partial charge in [-0.05, 0) is 0 Å². The van der Waals surface area contributed by atoms with E-state index in [9.17, 15) is 8.42 Å². The molecule has 3 aromatic rings. The van der Waals surface area contributed by atoms with Crippen LogP contribution in [-0.2, 0) is 24.3 Å². The van der Waals surface area contributed by atoms with E-state index in [0.29, 0.717) is 0 Å². The van der Waals surface area contributed by atoms with Gasteiger partial charge in [-0.15, -0.1) is 0 Å². The summed E-state index contributed by atoms with van der Waals surface area (Å²) in [7, 11) is 3.21. The van der Waals surface area contributed by atoms with Crippen molar-refractivity contribution in [2.45, 2.75) is 29.4 Å². The van der Waals surface area contributed by atoms with Crippen molar-refractivity contribution < 1.29 is 22.7 Å². The standard InChI is InChI=1S/C21H20N2O2S.CH3.ClH.Ru/c1-16-12-14-19(15-13-16)26(24,25)23-21(18-10-6-3-7-11-18)20(22)17-8-4-2-5-9-17;;;/h2-15,20-22H,1H3;1H3;1H;/q-2;;;+3/p-1/t20-,21-;;;/m0.../s1. The number of hydrogen-bond acceptors (Lipinski definition) is 3. The molecule has 0 radical (unpaired) electrons. The SMILES string of the molecule is Cc1ccc(S(=O)(=O)[N]2[C@@H](c3ccccc3)[C@H](c3ccccc3)[NH][Ru]2([CH3])[Cl])cc1. The van der Waals surface area contributed by atoms with E-state index >= 15 is 0 Å². The number of nitrogens with zero attached hydrogens (tertiary/aromatic N) is 1. The summed E-state index contributed by atoms with van der Waals surface area (Å²) in [6, 6.07) is 26.0. The van der Waals surface area contributed by atoms with Crippen molar-refractivity contribution in [3.05, 3.63) is 102 Å². The van der Waals surface area contributed by atoms with E-state index in [4.69, 9.17) is 9.69 Å². The molecule has 1 heterocycles. The molecule has 0 aromatic heterocycles. The molecular formula is C22H23ClN2O2RuS. The van der Waals surface area contributed by atoms with Gasteiger partial charge in [0.1, 0.15) is 0 Å². The average molecular weight is 516 g/mol. The molecule has 0 bridgehead atoms. The molecule has 4 rings (SSSR count). The zero-order valence-corrected chi connectivity index (χ0v) is 19.5. The molecule has 1 saturated heterocycles. The van der Waals surface area contributed by atoms with Crippen LogP contribution in [0.1, 0.15) is 28.8 Å². The summed E-state index contributed by atoms with van der Waals surface area (Å²) in [6.07, 6.45) is 0. The van der Waals surface area contributed by atoms with Gasteiger partial charge in [0.25, 0.3) is 0 Å². The average Bonchev–Trinajstić information content (AvgIpc) is 3.01. The molecule has 7 heteroatoms. The van der Waals surface area contributed by atoms with Crippen molar-refractivity contribution in [2.75, 3.05) is 0 Å². The zero-order chi connectivity index (χ0) is 20.6. The monoisotopic (exact) mass is 516 g/mol. The maximum absolute atomic E-state index is 13.8. The molecule has 0 spiro atoms. The van der Waals surface area contributed by atoms with Crippen LogP contribution in [0.4, 0.5) is 0 Å². The van der Waals surface area contributed by atoms with Gasteiger partial charge in [-0.3, -0.25) is 0 Å². The van der Waals surface area contributed by atoms with E-state index in [-0.39, 0.29) is 10.9 Å². The van der Waals surface area contributed by atoms with E-state index in [0.717, 1.165) is 16.7 Å². The topological polar surface area (TPSA) is 49.4 Å². The Bertz CT molecular complexity index is 1090. The van der Waals surface area contributed by atoms with Gasteiger partial charge < -0.3 is 0 Å². The fraction of sp³-hybridized carbons (Fsp3) is 0.182. The second-order valence-electron chi connectivity index (χ2n) is 7.07. The minimum absolute atomic E-state index is 0.215. The summed E-state index contributed by atoms with van der Waals surface area (Å²) in [6.45, 7) is 1.94. The molecule has 0 aliphatic carbocycles. The van der Waals surface area contributed by atoms with E-state index < -0.39 is 30.3 Å². The van der Waals surface area contributed by atoms with Crippen molar-refractivity contribution in [2.24, 2.45) is 0 Å². The third-order valence-corrected chi connectivity index (χ3v) is 14.3. The number of hydrogen-bond donors (Lipinski definition) is 1. The number of nitrogens with one attached hydrogen (secondary N) is 1. The fourth-order valence-corrected chi connectivity index (χ4v) is 13.5. The summed E-state index contributed by atoms with van der Waals surface area (Å²) in [5, 5.41) is 0. The van der Waals surface area contributed by atoms with Crippen LogP contribution >= 0.6 is 9.69 Å². The van der Waals surface area contributed by atoms with Crippen LogP contribution in [0.5, 0.6) is 0 Å². The third-order valence-electron chi connectivity index (χ3n) is 4.96. The van der Waals surface area contributed by atoms with Crippen LogP contribution in [0.15, 0.2) is 89.8 Å². The second kappa shape index (κ2) is 7.94.